The zero-order valence-electron chi connectivity index (χ0n) is 9.40. The molecule has 16 heavy (non-hydrogen) atoms. The van der Waals surface area contributed by atoms with Crippen molar-refractivity contribution in [1.82, 2.24) is 9.88 Å². The van der Waals surface area contributed by atoms with E-state index in [1.807, 2.05) is 18.3 Å². The zero-order valence-corrected chi connectivity index (χ0v) is 10.2. The van der Waals surface area contributed by atoms with Crippen molar-refractivity contribution < 1.29 is 0 Å². The summed E-state index contributed by atoms with van der Waals surface area (Å²) in [6.07, 6.45) is 5.65. The van der Waals surface area contributed by atoms with Gasteiger partial charge in [-0.25, -0.2) is 4.98 Å². The van der Waals surface area contributed by atoms with Crippen molar-refractivity contribution in [3.05, 3.63) is 29.0 Å². The van der Waals surface area contributed by atoms with Crippen LogP contribution in [0, 0.1) is 0 Å². The lowest BCUT2D eigenvalue weighted by Gasteiger charge is -2.34. The van der Waals surface area contributed by atoms with Gasteiger partial charge in [-0.1, -0.05) is 24.1 Å². The molecule has 1 saturated heterocycles. The third kappa shape index (κ3) is 2.94. The van der Waals surface area contributed by atoms with Crippen molar-refractivity contribution in [2.45, 2.75) is 31.8 Å². The van der Waals surface area contributed by atoms with E-state index in [0.717, 1.165) is 19.6 Å². The number of rotatable bonds is 3. The Morgan fingerprint density at radius 3 is 3.00 bits per heavy atom. The van der Waals surface area contributed by atoms with Gasteiger partial charge in [0.1, 0.15) is 5.15 Å². The average Bonchev–Trinajstić information content (AvgIpc) is 2.33. The van der Waals surface area contributed by atoms with E-state index in [2.05, 4.69) is 9.88 Å². The Morgan fingerprint density at radius 2 is 2.31 bits per heavy atom. The van der Waals surface area contributed by atoms with E-state index in [9.17, 15) is 0 Å². The first kappa shape index (κ1) is 11.8. The summed E-state index contributed by atoms with van der Waals surface area (Å²) >= 11 is 5.77. The molecule has 0 spiro atoms. The van der Waals surface area contributed by atoms with Crippen molar-refractivity contribution >= 4 is 11.6 Å². The summed E-state index contributed by atoms with van der Waals surface area (Å²) in [5.74, 6) is 0. The molecular formula is C12H18ClN3. The number of likely N-dealkylation sites (tertiary alicyclic amines) is 1. The normalized spacial score (nSPS) is 22.2. The van der Waals surface area contributed by atoms with E-state index in [1.165, 1.54) is 24.8 Å². The molecule has 1 aliphatic heterocycles. The Morgan fingerprint density at radius 1 is 1.44 bits per heavy atom. The van der Waals surface area contributed by atoms with Crippen molar-refractivity contribution in [2.24, 2.45) is 5.73 Å². The van der Waals surface area contributed by atoms with E-state index in [0.29, 0.717) is 11.2 Å². The zero-order chi connectivity index (χ0) is 11.4. The summed E-state index contributed by atoms with van der Waals surface area (Å²) in [5.41, 5.74) is 7.01. The Balaban J connectivity index is 1.99. The average molecular weight is 240 g/mol. The molecule has 2 heterocycles. The highest BCUT2D eigenvalue weighted by Crippen LogP contribution is 2.19. The lowest BCUT2D eigenvalue weighted by Crippen LogP contribution is -2.43. The maximum Gasteiger partial charge on any atom is 0.129 e. The summed E-state index contributed by atoms with van der Waals surface area (Å²) in [6, 6.07) is 4.42. The maximum atomic E-state index is 5.79. The molecule has 2 N–H and O–H groups in total. The monoisotopic (exact) mass is 239 g/mol. The molecule has 0 amide bonds. The van der Waals surface area contributed by atoms with Crippen LogP contribution in [-0.2, 0) is 6.54 Å². The van der Waals surface area contributed by atoms with Gasteiger partial charge in [-0.3, -0.25) is 4.90 Å². The molecule has 1 aromatic rings. The van der Waals surface area contributed by atoms with Gasteiger partial charge < -0.3 is 5.73 Å². The molecule has 88 valence electrons. The van der Waals surface area contributed by atoms with Crippen LogP contribution in [0.2, 0.25) is 5.15 Å². The van der Waals surface area contributed by atoms with Crippen LogP contribution in [0.4, 0.5) is 0 Å². The van der Waals surface area contributed by atoms with E-state index in [1.54, 1.807) is 0 Å². The number of hydrogen-bond acceptors (Lipinski definition) is 3. The Kier molecular flexibility index (Phi) is 4.16. The molecule has 0 saturated carbocycles. The first-order valence-electron chi connectivity index (χ1n) is 5.84. The molecule has 0 aliphatic carbocycles. The quantitative estimate of drug-likeness (QED) is 0.821. The topological polar surface area (TPSA) is 42.1 Å². The number of hydrogen-bond donors (Lipinski definition) is 1. The Bertz CT molecular complexity index is 326. The van der Waals surface area contributed by atoms with Gasteiger partial charge in [0.25, 0.3) is 0 Å². The fraction of sp³-hybridized carbons (Fsp3) is 0.583. The van der Waals surface area contributed by atoms with Crippen LogP contribution in [0.5, 0.6) is 0 Å². The lowest BCUT2D eigenvalue weighted by atomic mass is 10.0. The third-order valence-electron chi connectivity index (χ3n) is 3.20. The van der Waals surface area contributed by atoms with Crippen molar-refractivity contribution in [3.63, 3.8) is 0 Å². The summed E-state index contributed by atoms with van der Waals surface area (Å²) in [4.78, 5) is 6.56. The number of halogens is 1. The molecule has 3 nitrogen and oxygen atoms in total. The highest BCUT2D eigenvalue weighted by Gasteiger charge is 2.20. The molecule has 0 unspecified atom stereocenters. The minimum absolute atomic E-state index is 0.532. The maximum absolute atomic E-state index is 5.79. The van der Waals surface area contributed by atoms with Gasteiger partial charge in [0, 0.05) is 25.3 Å². The van der Waals surface area contributed by atoms with Crippen LogP contribution in [-0.4, -0.2) is 29.0 Å². The standard InChI is InChI=1S/C12H18ClN3/c13-12-5-4-10(8-15-12)9-16-6-2-1-3-11(16)7-14/h4-5,8,11H,1-3,6-7,9,14H2/t11-/m0/s1. The van der Waals surface area contributed by atoms with Crippen LogP contribution >= 0.6 is 11.6 Å². The predicted octanol–water partition coefficient (Wildman–Crippen LogP) is 2.05. The molecule has 0 aromatic carbocycles. The van der Waals surface area contributed by atoms with Gasteiger partial charge in [-0.2, -0.15) is 0 Å². The smallest absolute Gasteiger partial charge is 0.129 e. The number of piperidine rings is 1. The fourth-order valence-electron chi connectivity index (χ4n) is 2.27. The van der Waals surface area contributed by atoms with Crippen LogP contribution in [0.25, 0.3) is 0 Å². The molecule has 1 aromatic heterocycles. The minimum Gasteiger partial charge on any atom is -0.329 e. The minimum atomic E-state index is 0.532. The van der Waals surface area contributed by atoms with Crippen LogP contribution in [0.15, 0.2) is 18.3 Å². The van der Waals surface area contributed by atoms with Gasteiger partial charge in [-0.05, 0) is 31.0 Å². The largest absolute Gasteiger partial charge is 0.329 e. The summed E-state index contributed by atoms with van der Waals surface area (Å²) in [6.45, 7) is 2.83. The third-order valence-corrected chi connectivity index (χ3v) is 3.42. The molecule has 0 bridgehead atoms. The highest BCUT2D eigenvalue weighted by molar-refractivity contribution is 6.29. The van der Waals surface area contributed by atoms with E-state index in [4.69, 9.17) is 17.3 Å². The molecule has 4 heteroatoms. The van der Waals surface area contributed by atoms with Crippen LogP contribution < -0.4 is 5.73 Å². The summed E-state index contributed by atoms with van der Waals surface area (Å²) in [7, 11) is 0. The van der Waals surface area contributed by atoms with Gasteiger partial charge in [0.2, 0.25) is 0 Å². The number of aromatic nitrogens is 1. The van der Waals surface area contributed by atoms with Crippen molar-refractivity contribution in [1.29, 1.82) is 0 Å². The van der Waals surface area contributed by atoms with E-state index >= 15 is 0 Å². The number of nitrogens with two attached hydrogens (primary N) is 1. The van der Waals surface area contributed by atoms with Crippen LogP contribution in [0.1, 0.15) is 24.8 Å². The predicted molar refractivity (Wildman–Crippen MR) is 66.4 cm³/mol. The van der Waals surface area contributed by atoms with Crippen LogP contribution in [0.3, 0.4) is 0 Å². The second kappa shape index (κ2) is 5.62. The summed E-state index contributed by atoms with van der Waals surface area (Å²) in [5, 5.41) is 0.553. The van der Waals surface area contributed by atoms with Gasteiger partial charge in [-0.15, -0.1) is 0 Å². The Labute approximate surface area is 102 Å². The molecular weight excluding hydrogens is 222 g/mol. The SMILES string of the molecule is NC[C@@H]1CCCCN1Cc1ccc(Cl)nc1. The van der Waals surface area contributed by atoms with Gasteiger partial charge in [0.05, 0.1) is 0 Å². The van der Waals surface area contributed by atoms with Gasteiger partial charge in [0.15, 0.2) is 0 Å². The first-order valence-corrected chi connectivity index (χ1v) is 6.22. The lowest BCUT2D eigenvalue weighted by molar-refractivity contribution is 0.145. The van der Waals surface area contributed by atoms with E-state index in [-0.39, 0.29) is 0 Å². The van der Waals surface area contributed by atoms with Crippen molar-refractivity contribution in [2.75, 3.05) is 13.1 Å². The molecule has 1 fully saturated rings. The highest BCUT2D eigenvalue weighted by atomic mass is 35.5. The van der Waals surface area contributed by atoms with Gasteiger partial charge >= 0.3 is 0 Å². The fourth-order valence-corrected chi connectivity index (χ4v) is 2.38. The molecule has 2 rings (SSSR count). The number of nitrogens with zero attached hydrogens (tertiary/aromatic N) is 2. The second-order valence-corrected chi connectivity index (χ2v) is 4.73. The van der Waals surface area contributed by atoms with Crippen molar-refractivity contribution in [3.8, 4) is 0 Å². The first-order chi connectivity index (χ1) is 7.79. The Hall–Kier alpha value is -0.640. The number of pyridine rings is 1. The van der Waals surface area contributed by atoms with E-state index < -0.39 is 0 Å². The molecule has 0 radical (unpaired) electrons. The second-order valence-electron chi connectivity index (χ2n) is 4.34. The molecule has 1 atom stereocenters. The molecule has 1 aliphatic rings. The summed E-state index contributed by atoms with van der Waals surface area (Å²) < 4.78 is 0.